The summed E-state index contributed by atoms with van der Waals surface area (Å²) in [5, 5.41) is 0. The number of ether oxygens (including phenoxy) is 1. The molecule has 3 nitrogen and oxygen atoms in total. The van der Waals surface area contributed by atoms with Crippen LogP contribution in [0.1, 0.15) is 103 Å². The monoisotopic (exact) mass is 422 g/mol. The summed E-state index contributed by atoms with van der Waals surface area (Å²) in [4.78, 5) is 9.13. The van der Waals surface area contributed by atoms with Gasteiger partial charge < -0.3 is 4.74 Å². The fourth-order valence-electron chi connectivity index (χ4n) is 3.66. The molecule has 0 amide bonds. The van der Waals surface area contributed by atoms with Crippen molar-refractivity contribution in [2.24, 2.45) is 0 Å². The lowest BCUT2D eigenvalue weighted by Gasteiger charge is -2.05. The Hall–Kier alpha value is -2.16. The van der Waals surface area contributed by atoms with E-state index in [0.717, 1.165) is 30.0 Å². The van der Waals surface area contributed by atoms with E-state index in [4.69, 9.17) is 4.74 Å². The Balaban J connectivity index is 1.67. The first kappa shape index (κ1) is 25.1. The van der Waals surface area contributed by atoms with E-state index >= 15 is 0 Å². The summed E-state index contributed by atoms with van der Waals surface area (Å²) >= 11 is 0. The second kappa shape index (κ2) is 16.5. The Morgan fingerprint density at radius 1 is 0.710 bits per heavy atom. The zero-order chi connectivity index (χ0) is 22.0. The van der Waals surface area contributed by atoms with Crippen LogP contribution < -0.4 is 4.74 Å². The van der Waals surface area contributed by atoms with Gasteiger partial charge in [0.1, 0.15) is 5.75 Å². The molecule has 2 aromatic rings. The maximum atomic E-state index is 5.72. The lowest BCUT2D eigenvalue weighted by Crippen LogP contribution is -1.93. The lowest BCUT2D eigenvalue weighted by atomic mass is 10.1. The lowest BCUT2D eigenvalue weighted by molar-refractivity contribution is 0.477. The van der Waals surface area contributed by atoms with Crippen LogP contribution in [0, 0.1) is 0 Å². The van der Waals surface area contributed by atoms with Crippen molar-refractivity contribution in [1.82, 2.24) is 9.97 Å². The molecule has 0 aliphatic heterocycles. The van der Waals surface area contributed by atoms with Crippen LogP contribution in [0.25, 0.3) is 11.4 Å². The molecule has 1 heterocycles. The normalized spacial score (nSPS) is 11.3. The first-order valence-corrected chi connectivity index (χ1v) is 12.6. The summed E-state index contributed by atoms with van der Waals surface area (Å²) in [6.07, 6.45) is 25.9. The van der Waals surface area contributed by atoms with Gasteiger partial charge in [0.05, 0.1) is 6.26 Å². The van der Waals surface area contributed by atoms with E-state index in [1.54, 1.807) is 0 Å². The summed E-state index contributed by atoms with van der Waals surface area (Å²) in [7, 11) is 0. The summed E-state index contributed by atoms with van der Waals surface area (Å²) in [5.74, 6) is 1.62. The Kier molecular flexibility index (Phi) is 13.4. The molecule has 2 rings (SSSR count). The van der Waals surface area contributed by atoms with Gasteiger partial charge in [0.2, 0.25) is 0 Å². The Labute approximate surface area is 190 Å². The van der Waals surface area contributed by atoms with Crippen LogP contribution in [0.15, 0.2) is 49.0 Å². The molecular weight excluding hydrogens is 380 g/mol. The van der Waals surface area contributed by atoms with Gasteiger partial charge in [-0.1, -0.05) is 78.1 Å². The van der Waals surface area contributed by atoms with Crippen LogP contribution in [-0.4, -0.2) is 9.97 Å². The van der Waals surface area contributed by atoms with E-state index in [9.17, 15) is 0 Å². The molecule has 0 saturated heterocycles. The highest BCUT2D eigenvalue weighted by Crippen LogP contribution is 2.20. The minimum Gasteiger partial charge on any atom is -0.465 e. The average molecular weight is 423 g/mol. The van der Waals surface area contributed by atoms with Gasteiger partial charge in [0.15, 0.2) is 5.82 Å². The number of aromatic nitrogens is 2. The van der Waals surface area contributed by atoms with Crippen LogP contribution in [-0.2, 0) is 6.42 Å². The molecule has 0 unspecified atom stereocenters. The van der Waals surface area contributed by atoms with Crippen LogP contribution >= 0.6 is 0 Å². The number of aryl methyl sites for hydroxylation is 1. The summed E-state index contributed by atoms with van der Waals surface area (Å²) < 4.78 is 5.72. The molecule has 0 N–H and O–H groups in total. The highest BCUT2D eigenvalue weighted by molar-refractivity contribution is 5.55. The standard InChI is InChI=1S/C28H42N2O/c1-3-5-7-9-11-12-14-16-22-31-27-20-18-26(19-21-27)28-29-23-25(24-30-28)17-15-13-10-8-6-4-2/h16,18-24H,3-15,17H2,1-2H3. The number of unbranched alkanes of at least 4 members (excludes halogenated alkanes) is 11. The third-order valence-electron chi connectivity index (χ3n) is 5.66. The van der Waals surface area contributed by atoms with Crippen molar-refractivity contribution in [2.45, 2.75) is 104 Å². The van der Waals surface area contributed by atoms with Crippen LogP contribution in [0.2, 0.25) is 0 Å². The molecule has 0 radical (unpaired) electrons. The molecule has 31 heavy (non-hydrogen) atoms. The Morgan fingerprint density at radius 2 is 1.29 bits per heavy atom. The quantitative estimate of drug-likeness (QED) is 0.189. The van der Waals surface area contributed by atoms with Crippen LogP contribution in [0.4, 0.5) is 0 Å². The van der Waals surface area contributed by atoms with Gasteiger partial charge in [-0.05, 0) is 61.6 Å². The van der Waals surface area contributed by atoms with Crippen molar-refractivity contribution >= 4 is 0 Å². The van der Waals surface area contributed by atoms with E-state index in [0.29, 0.717) is 0 Å². The number of nitrogens with zero attached hydrogens (tertiary/aromatic N) is 2. The fourth-order valence-corrected chi connectivity index (χ4v) is 3.66. The van der Waals surface area contributed by atoms with Gasteiger partial charge in [-0.25, -0.2) is 9.97 Å². The summed E-state index contributed by atoms with van der Waals surface area (Å²) in [6.45, 7) is 4.52. The van der Waals surface area contributed by atoms with Gasteiger partial charge in [0, 0.05) is 18.0 Å². The van der Waals surface area contributed by atoms with E-state index in [1.807, 2.05) is 42.9 Å². The van der Waals surface area contributed by atoms with Gasteiger partial charge >= 0.3 is 0 Å². The van der Waals surface area contributed by atoms with Crippen molar-refractivity contribution in [3.05, 3.63) is 54.6 Å². The van der Waals surface area contributed by atoms with E-state index in [-0.39, 0.29) is 0 Å². The first-order valence-electron chi connectivity index (χ1n) is 12.6. The molecule has 1 aromatic carbocycles. The first-order chi connectivity index (χ1) is 15.3. The minimum absolute atomic E-state index is 0.775. The van der Waals surface area contributed by atoms with Gasteiger partial charge in [-0.15, -0.1) is 0 Å². The summed E-state index contributed by atoms with van der Waals surface area (Å²) in [6, 6.07) is 8.02. The van der Waals surface area contributed by atoms with Crippen molar-refractivity contribution in [3.63, 3.8) is 0 Å². The number of allylic oxidation sites excluding steroid dienone is 1. The van der Waals surface area contributed by atoms with E-state index < -0.39 is 0 Å². The fraction of sp³-hybridized carbons (Fsp3) is 0.571. The van der Waals surface area contributed by atoms with Crippen LogP contribution in [0.5, 0.6) is 5.75 Å². The highest BCUT2D eigenvalue weighted by Gasteiger charge is 2.03. The maximum absolute atomic E-state index is 5.72. The number of hydrogen-bond acceptors (Lipinski definition) is 3. The van der Waals surface area contributed by atoms with Crippen molar-refractivity contribution in [1.29, 1.82) is 0 Å². The molecule has 3 heteroatoms. The summed E-state index contributed by atoms with van der Waals surface area (Å²) in [5.41, 5.74) is 2.25. The van der Waals surface area contributed by atoms with Gasteiger partial charge in [-0.3, -0.25) is 0 Å². The zero-order valence-electron chi connectivity index (χ0n) is 19.8. The highest BCUT2D eigenvalue weighted by atomic mass is 16.5. The molecule has 0 bridgehead atoms. The second-order valence-corrected chi connectivity index (χ2v) is 8.50. The maximum Gasteiger partial charge on any atom is 0.159 e. The number of benzene rings is 1. The third-order valence-corrected chi connectivity index (χ3v) is 5.66. The number of hydrogen-bond donors (Lipinski definition) is 0. The van der Waals surface area contributed by atoms with E-state index in [1.165, 1.54) is 82.6 Å². The van der Waals surface area contributed by atoms with Crippen molar-refractivity contribution in [2.75, 3.05) is 0 Å². The molecule has 170 valence electrons. The molecule has 0 atom stereocenters. The molecular formula is C28H42N2O. The SMILES string of the molecule is CCCCCCCCC=COc1ccc(-c2ncc(CCCCCCCC)cn2)cc1. The number of rotatable bonds is 17. The van der Waals surface area contributed by atoms with Gasteiger partial charge in [0.25, 0.3) is 0 Å². The minimum atomic E-state index is 0.775. The predicted molar refractivity (Wildman–Crippen MR) is 132 cm³/mol. The second-order valence-electron chi connectivity index (χ2n) is 8.50. The van der Waals surface area contributed by atoms with Gasteiger partial charge in [-0.2, -0.15) is 0 Å². The molecule has 0 saturated carbocycles. The van der Waals surface area contributed by atoms with Crippen molar-refractivity contribution in [3.8, 4) is 17.1 Å². The zero-order valence-corrected chi connectivity index (χ0v) is 19.8. The van der Waals surface area contributed by atoms with E-state index in [2.05, 4.69) is 29.9 Å². The molecule has 0 fully saturated rings. The molecule has 0 spiro atoms. The van der Waals surface area contributed by atoms with Crippen LogP contribution in [0.3, 0.4) is 0 Å². The Morgan fingerprint density at radius 3 is 1.94 bits per heavy atom. The molecule has 0 aliphatic rings. The molecule has 1 aromatic heterocycles. The smallest absolute Gasteiger partial charge is 0.159 e. The molecule has 0 aliphatic carbocycles. The largest absolute Gasteiger partial charge is 0.465 e. The van der Waals surface area contributed by atoms with Crippen molar-refractivity contribution < 1.29 is 4.74 Å². The Bertz CT molecular complexity index is 707. The average Bonchev–Trinajstić information content (AvgIpc) is 2.81. The topological polar surface area (TPSA) is 35.0 Å². The third kappa shape index (κ3) is 11.1. The predicted octanol–water partition coefficient (Wildman–Crippen LogP) is 8.69.